The van der Waals surface area contributed by atoms with Crippen LogP contribution in [-0.4, -0.2) is 18.3 Å². The Hall–Kier alpha value is -1.78. The summed E-state index contributed by atoms with van der Waals surface area (Å²) in [6.45, 7) is 0.131. The molecule has 0 radical (unpaired) electrons. The minimum atomic E-state index is -1.12. The molecule has 0 unspecified atom stereocenters. The molecule has 0 aromatic heterocycles. The predicted molar refractivity (Wildman–Crippen MR) is 47.8 cm³/mol. The zero-order valence-corrected chi connectivity index (χ0v) is 7.58. The molecule has 2 N–H and O–H groups in total. The smallest absolute Gasteiger partial charge is 0.404 e. The van der Waals surface area contributed by atoms with Crippen LogP contribution in [0.3, 0.4) is 0 Å². The molecule has 1 aromatic carbocycles. The summed E-state index contributed by atoms with van der Waals surface area (Å²) in [5, 5.41) is 10.5. The van der Waals surface area contributed by atoms with Crippen molar-refractivity contribution in [3.05, 3.63) is 29.6 Å². The lowest BCUT2D eigenvalue weighted by Crippen LogP contribution is -2.19. The van der Waals surface area contributed by atoms with Crippen LogP contribution >= 0.6 is 0 Å². The van der Waals surface area contributed by atoms with Gasteiger partial charge in [0.25, 0.3) is 0 Å². The van der Waals surface area contributed by atoms with Gasteiger partial charge >= 0.3 is 6.09 Å². The molecule has 4 nitrogen and oxygen atoms in total. The first-order valence-corrected chi connectivity index (χ1v) is 3.92. The minimum Gasteiger partial charge on any atom is -0.494 e. The number of benzene rings is 1. The van der Waals surface area contributed by atoms with Gasteiger partial charge in [-0.2, -0.15) is 0 Å². The van der Waals surface area contributed by atoms with Crippen molar-refractivity contribution < 1.29 is 19.0 Å². The highest BCUT2D eigenvalue weighted by atomic mass is 19.1. The molecule has 0 aliphatic carbocycles. The minimum absolute atomic E-state index is 0.106. The van der Waals surface area contributed by atoms with E-state index in [-0.39, 0.29) is 12.3 Å². The second-order valence-electron chi connectivity index (χ2n) is 2.63. The molecule has 5 heteroatoms. The molecule has 0 spiro atoms. The van der Waals surface area contributed by atoms with Crippen molar-refractivity contribution in [2.24, 2.45) is 0 Å². The Morgan fingerprint density at radius 3 is 2.93 bits per heavy atom. The molecule has 1 aromatic rings. The van der Waals surface area contributed by atoms with Gasteiger partial charge in [0.1, 0.15) is 0 Å². The van der Waals surface area contributed by atoms with Crippen molar-refractivity contribution in [2.75, 3.05) is 7.11 Å². The first-order chi connectivity index (χ1) is 6.63. The van der Waals surface area contributed by atoms with Gasteiger partial charge in [-0.1, -0.05) is 6.07 Å². The summed E-state index contributed by atoms with van der Waals surface area (Å²) in [5.74, 6) is -0.360. The first-order valence-electron chi connectivity index (χ1n) is 3.92. The SMILES string of the molecule is COc1cc(CNC(=O)O)ccc1F. The number of ether oxygens (including phenoxy) is 1. The third-order valence-corrected chi connectivity index (χ3v) is 1.66. The van der Waals surface area contributed by atoms with Crippen LogP contribution in [-0.2, 0) is 6.54 Å². The maximum absolute atomic E-state index is 12.9. The van der Waals surface area contributed by atoms with Gasteiger partial charge in [0.15, 0.2) is 11.6 Å². The predicted octanol–water partition coefficient (Wildman–Crippen LogP) is 1.60. The lowest BCUT2D eigenvalue weighted by atomic mass is 10.2. The Morgan fingerprint density at radius 2 is 2.36 bits per heavy atom. The van der Waals surface area contributed by atoms with Crippen LogP contribution in [0, 0.1) is 5.82 Å². The van der Waals surface area contributed by atoms with E-state index < -0.39 is 11.9 Å². The third-order valence-electron chi connectivity index (χ3n) is 1.66. The first kappa shape index (κ1) is 10.3. The van der Waals surface area contributed by atoms with E-state index in [0.29, 0.717) is 5.56 Å². The molecule has 0 aliphatic heterocycles. The van der Waals surface area contributed by atoms with Crippen molar-refractivity contribution in [2.45, 2.75) is 6.54 Å². The molecule has 0 aliphatic rings. The van der Waals surface area contributed by atoms with E-state index in [4.69, 9.17) is 9.84 Å². The highest BCUT2D eigenvalue weighted by Crippen LogP contribution is 2.17. The van der Waals surface area contributed by atoms with E-state index in [9.17, 15) is 9.18 Å². The summed E-state index contributed by atoms with van der Waals surface area (Å²) in [7, 11) is 1.35. The zero-order chi connectivity index (χ0) is 10.6. The Bertz CT molecular complexity index is 341. The molecule has 0 atom stereocenters. The summed E-state index contributed by atoms with van der Waals surface area (Å²) < 4.78 is 17.6. The van der Waals surface area contributed by atoms with Crippen LogP contribution in [0.15, 0.2) is 18.2 Å². The van der Waals surface area contributed by atoms with Crippen molar-refractivity contribution in [3.8, 4) is 5.75 Å². The topological polar surface area (TPSA) is 58.6 Å². The van der Waals surface area contributed by atoms with Crippen LogP contribution in [0.25, 0.3) is 0 Å². The number of rotatable bonds is 3. The Kier molecular flexibility index (Phi) is 3.28. The van der Waals surface area contributed by atoms with E-state index in [2.05, 4.69) is 5.32 Å². The molecule has 1 amide bonds. The van der Waals surface area contributed by atoms with Crippen LogP contribution in [0.2, 0.25) is 0 Å². The summed E-state index contributed by atoms with van der Waals surface area (Å²) in [5.41, 5.74) is 0.644. The van der Waals surface area contributed by atoms with Crippen LogP contribution in [0.5, 0.6) is 5.75 Å². The number of hydrogen-bond donors (Lipinski definition) is 2. The lowest BCUT2D eigenvalue weighted by Gasteiger charge is -2.05. The number of carboxylic acid groups (broad SMARTS) is 1. The van der Waals surface area contributed by atoms with Gasteiger partial charge in [-0.25, -0.2) is 9.18 Å². The maximum Gasteiger partial charge on any atom is 0.404 e. The number of nitrogens with one attached hydrogen (secondary N) is 1. The number of carbonyl (C=O) groups is 1. The summed E-state index contributed by atoms with van der Waals surface area (Å²) in [6.07, 6.45) is -1.12. The van der Waals surface area contributed by atoms with Gasteiger partial charge in [-0.05, 0) is 17.7 Å². The molecule has 0 bridgehead atoms. The monoisotopic (exact) mass is 199 g/mol. The van der Waals surface area contributed by atoms with Crippen molar-refractivity contribution in [3.63, 3.8) is 0 Å². The van der Waals surface area contributed by atoms with Gasteiger partial charge in [-0.3, -0.25) is 0 Å². The third kappa shape index (κ3) is 2.62. The van der Waals surface area contributed by atoms with E-state index >= 15 is 0 Å². The Morgan fingerprint density at radius 1 is 1.64 bits per heavy atom. The summed E-state index contributed by atoms with van der Waals surface area (Å²) >= 11 is 0. The maximum atomic E-state index is 12.9. The second-order valence-corrected chi connectivity index (χ2v) is 2.63. The molecule has 1 rings (SSSR count). The highest BCUT2D eigenvalue weighted by molar-refractivity contribution is 5.64. The van der Waals surface area contributed by atoms with Crippen molar-refractivity contribution in [1.82, 2.24) is 5.32 Å². The Labute approximate surface area is 80.3 Å². The quantitative estimate of drug-likeness (QED) is 0.777. The normalized spacial score (nSPS) is 9.57. The number of methoxy groups -OCH3 is 1. The summed E-state index contributed by atoms with van der Waals surface area (Å²) in [4.78, 5) is 10.2. The van der Waals surface area contributed by atoms with E-state index in [0.717, 1.165) is 0 Å². The van der Waals surface area contributed by atoms with E-state index in [1.807, 2.05) is 0 Å². The van der Waals surface area contributed by atoms with Crippen molar-refractivity contribution in [1.29, 1.82) is 0 Å². The van der Waals surface area contributed by atoms with Crippen LogP contribution < -0.4 is 10.1 Å². The van der Waals surface area contributed by atoms with Gasteiger partial charge in [0.2, 0.25) is 0 Å². The second kappa shape index (κ2) is 4.45. The van der Waals surface area contributed by atoms with E-state index in [1.54, 1.807) is 0 Å². The fourth-order valence-electron chi connectivity index (χ4n) is 0.992. The lowest BCUT2D eigenvalue weighted by molar-refractivity contribution is 0.194. The molecular formula is C9H10FNO3. The standard InChI is InChI=1S/C9H10FNO3/c1-14-8-4-6(2-3-7(8)10)5-11-9(12)13/h2-4,11H,5H2,1H3,(H,12,13). The molecule has 0 heterocycles. The molecular weight excluding hydrogens is 189 g/mol. The Balaban J connectivity index is 2.74. The van der Waals surface area contributed by atoms with E-state index in [1.165, 1.54) is 25.3 Å². The number of halogens is 1. The van der Waals surface area contributed by atoms with Gasteiger partial charge in [-0.15, -0.1) is 0 Å². The molecule has 0 saturated heterocycles. The number of amides is 1. The molecule has 0 saturated carbocycles. The van der Waals surface area contributed by atoms with Gasteiger partial charge in [0, 0.05) is 6.54 Å². The zero-order valence-electron chi connectivity index (χ0n) is 7.58. The largest absolute Gasteiger partial charge is 0.494 e. The van der Waals surface area contributed by atoms with Crippen LogP contribution in [0.4, 0.5) is 9.18 Å². The fourth-order valence-corrected chi connectivity index (χ4v) is 0.992. The van der Waals surface area contributed by atoms with Gasteiger partial charge < -0.3 is 15.2 Å². The molecule has 14 heavy (non-hydrogen) atoms. The average Bonchev–Trinajstić information content (AvgIpc) is 2.16. The van der Waals surface area contributed by atoms with Crippen LogP contribution in [0.1, 0.15) is 5.56 Å². The molecule has 0 fully saturated rings. The average molecular weight is 199 g/mol. The van der Waals surface area contributed by atoms with Crippen molar-refractivity contribution >= 4 is 6.09 Å². The number of hydrogen-bond acceptors (Lipinski definition) is 2. The molecule has 76 valence electrons. The highest BCUT2D eigenvalue weighted by Gasteiger charge is 2.03. The summed E-state index contributed by atoms with van der Waals surface area (Å²) in [6, 6.07) is 4.18. The fraction of sp³-hybridized carbons (Fsp3) is 0.222. The van der Waals surface area contributed by atoms with Gasteiger partial charge in [0.05, 0.1) is 7.11 Å².